The maximum atomic E-state index is 13.6. The van der Waals surface area contributed by atoms with Crippen LogP contribution in [-0.2, 0) is 19.6 Å². The van der Waals surface area contributed by atoms with E-state index in [1.807, 2.05) is 19.0 Å². The molecule has 1 N–H and O–H groups in total. The molecule has 2 aromatic rings. The number of carbonyl (C=O) groups excluding carboxylic acids is 2. The number of carbonyl (C=O) groups is 2. The Morgan fingerprint density at radius 3 is 2.29 bits per heavy atom. The average molecular weight is 490 g/mol. The Balaban J connectivity index is 2.14. The van der Waals surface area contributed by atoms with Gasteiger partial charge in [-0.3, -0.25) is 9.59 Å². The highest BCUT2D eigenvalue weighted by Crippen LogP contribution is 2.39. The molecule has 0 saturated carbocycles. The Kier molecular flexibility index (Phi) is 7.54. The number of Topliss-reactive ketones (excluding diaryl/α,β-unsaturated/α-hetero) is 1. The molecule has 1 saturated heterocycles. The molecular formula is C24H28FN3O5S. The quantitative estimate of drug-likeness (QED) is 0.348. The third-order valence-corrected chi connectivity index (χ3v) is 7.43. The molecule has 3 rings (SSSR count). The fraction of sp³-hybridized carbons (Fsp3) is 0.333. The summed E-state index contributed by atoms with van der Waals surface area (Å²) >= 11 is 0. The Morgan fingerprint density at radius 1 is 1.06 bits per heavy atom. The minimum Gasteiger partial charge on any atom is -0.507 e. The number of aliphatic hydroxyl groups is 1. The molecule has 0 unspecified atom stereocenters. The lowest BCUT2D eigenvalue weighted by Gasteiger charge is -2.26. The molecule has 8 nitrogen and oxygen atoms in total. The van der Waals surface area contributed by atoms with Crippen LogP contribution < -0.4 is 0 Å². The highest BCUT2D eigenvalue weighted by Gasteiger charge is 2.45. The van der Waals surface area contributed by atoms with Crippen molar-refractivity contribution in [2.45, 2.75) is 17.4 Å². The second-order valence-electron chi connectivity index (χ2n) is 8.52. The molecule has 0 aromatic heterocycles. The molecule has 2 aromatic carbocycles. The van der Waals surface area contributed by atoms with Crippen molar-refractivity contribution in [2.24, 2.45) is 0 Å². The normalized spacial score (nSPS) is 18.3. The van der Waals surface area contributed by atoms with Gasteiger partial charge in [0, 0.05) is 26.2 Å². The number of ketones is 1. The van der Waals surface area contributed by atoms with Gasteiger partial charge in [0.25, 0.3) is 11.7 Å². The first kappa shape index (κ1) is 25.5. The Morgan fingerprint density at radius 2 is 1.71 bits per heavy atom. The zero-order chi connectivity index (χ0) is 25.2. The maximum absolute atomic E-state index is 13.6. The topological polar surface area (TPSA) is 98.2 Å². The summed E-state index contributed by atoms with van der Waals surface area (Å²) in [5.74, 6) is -2.61. The third kappa shape index (κ3) is 5.03. The van der Waals surface area contributed by atoms with Gasteiger partial charge >= 0.3 is 0 Å². The van der Waals surface area contributed by atoms with Crippen molar-refractivity contribution in [3.05, 3.63) is 71.0 Å². The van der Waals surface area contributed by atoms with Crippen molar-refractivity contribution >= 4 is 27.5 Å². The van der Waals surface area contributed by atoms with Crippen LogP contribution in [0.4, 0.5) is 4.39 Å². The molecule has 1 aliphatic rings. The Labute approximate surface area is 198 Å². The number of benzene rings is 2. The lowest BCUT2D eigenvalue weighted by Crippen LogP contribution is -2.32. The summed E-state index contributed by atoms with van der Waals surface area (Å²) in [7, 11) is 2.76. The summed E-state index contributed by atoms with van der Waals surface area (Å²) in [5.41, 5.74) is 0.381. The predicted octanol–water partition coefficient (Wildman–Crippen LogP) is 2.45. The Bertz CT molecular complexity index is 1220. The lowest BCUT2D eigenvalue weighted by molar-refractivity contribution is -0.139. The van der Waals surface area contributed by atoms with Crippen molar-refractivity contribution in [3.8, 4) is 0 Å². The summed E-state index contributed by atoms with van der Waals surface area (Å²) in [5, 5.41) is 11.1. The van der Waals surface area contributed by atoms with Crippen molar-refractivity contribution in [1.82, 2.24) is 14.1 Å². The number of amides is 1. The number of hydrogen-bond acceptors (Lipinski definition) is 6. The van der Waals surface area contributed by atoms with Crippen molar-refractivity contribution in [1.29, 1.82) is 0 Å². The van der Waals surface area contributed by atoms with Crippen LogP contribution in [0.15, 0.2) is 59.0 Å². The van der Waals surface area contributed by atoms with Gasteiger partial charge in [-0.1, -0.05) is 24.3 Å². The van der Waals surface area contributed by atoms with Crippen LogP contribution in [0, 0.1) is 5.82 Å². The van der Waals surface area contributed by atoms with E-state index < -0.39 is 39.3 Å². The van der Waals surface area contributed by atoms with Crippen LogP contribution in [-0.4, -0.2) is 80.6 Å². The third-order valence-electron chi connectivity index (χ3n) is 5.62. The molecule has 0 aliphatic carbocycles. The van der Waals surface area contributed by atoms with Gasteiger partial charge in [0.1, 0.15) is 11.6 Å². The molecule has 1 amide bonds. The minimum absolute atomic E-state index is 0.0694. The largest absolute Gasteiger partial charge is 0.507 e. The summed E-state index contributed by atoms with van der Waals surface area (Å²) in [6.07, 6.45) is 0.578. The van der Waals surface area contributed by atoms with Crippen LogP contribution in [0.1, 0.15) is 23.6 Å². The van der Waals surface area contributed by atoms with Gasteiger partial charge in [0.15, 0.2) is 0 Å². The first-order valence-corrected chi connectivity index (χ1v) is 12.1. The zero-order valence-electron chi connectivity index (χ0n) is 19.5. The smallest absolute Gasteiger partial charge is 0.295 e. The molecule has 0 bridgehead atoms. The van der Waals surface area contributed by atoms with Crippen molar-refractivity contribution < 1.29 is 27.5 Å². The number of rotatable bonds is 8. The van der Waals surface area contributed by atoms with Crippen LogP contribution >= 0.6 is 0 Å². The minimum atomic E-state index is -3.79. The van der Waals surface area contributed by atoms with Gasteiger partial charge in [-0.15, -0.1) is 0 Å². The van der Waals surface area contributed by atoms with Crippen LogP contribution in [0.2, 0.25) is 0 Å². The SMILES string of the molecule is CN(C)CCCN1C(=O)C(=O)C(=C(O)c2cccc(S(=O)(=O)N(C)C)c2)[C@H]1c1ccc(F)cc1. The van der Waals surface area contributed by atoms with E-state index >= 15 is 0 Å². The first-order valence-electron chi connectivity index (χ1n) is 10.7. The molecule has 182 valence electrons. The molecule has 1 aliphatic heterocycles. The van der Waals surface area contributed by atoms with Gasteiger partial charge in [-0.05, 0) is 56.9 Å². The second-order valence-corrected chi connectivity index (χ2v) is 10.7. The Hall–Kier alpha value is -3.08. The standard InChI is InChI=1S/C24H28FN3O5S/c1-26(2)13-6-14-28-21(16-9-11-18(25)12-10-16)20(23(30)24(28)31)22(29)17-7-5-8-19(15-17)34(32,33)27(3)4/h5,7-12,15,21,29H,6,13-14H2,1-4H3/t21-/m1/s1. The van der Waals surface area contributed by atoms with E-state index in [2.05, 4.69) is 0 Å². The number of likely N-dealkylation sites (tertiary alicyclic amines) is 1. The molecule has 1 heterocycles. The first-order chi connectivity index (χ1) is 15.9. The lowest BCUT2D eigenvalue weighted by atomic mass is 9.95. The fourth-order valence-corrected chi connectivity index (χ4v) is 4.78. The van der Waals surface area contributed by atoms with E-state index in [4.69, 9.17) is 0 Å². The molecular weight excluding hydrogens is 461 g/mol. The maximum Gasteiger partial charge on any atom is 0.295 e. The van der Waals surface area contributed by atoms with Crippen LogP contribution in [0.25, 0.3) is 5.76 Å². The van der Waals surface area contributed by atoms with Gasteiger partial charge in [-0.25, -0.2) is 17.1 Å². The van der Waals surface area contributed by atoms with Gasteiger partial charge in [0.05, 0.1) is 16.5 Å². The zero-order valence-corrected chi connectivity index (χ0v) is 20.3. The van der Waals surface area contributed by atoms with E-state index in [-0.39, 0.29) is 22.6 Å². The van der Waals surface area contributed by atoms with E-state index in [0.717, 1.165) is 4.31 Å². The van der Waals surface area contributed by atoms with E-state index in [9.17, 15) is 27.5 Å². The van der Waals surface area contributed by atoms with E-state index in [0.29, 0.717) is 18.5 Å². The average Bonchev–Trinajstić information content (AvgIpc) is 3.04. The highest BCUT2D eigenvalue weighted by atomic mass is 32.2. The van der Waals surface area contributed by atoms with Crippen LogP contribution in [0.3, 0.4) is 0 Å². The molecule has 1 atom stereocenters. The number of halogens is 1. The number of nitrogens with zero attached hydrogens (tertiary/aromatic N) is 3. The molecule has 1 fully saturated rings. The monoisotopic (exact) mass is 489 g/mol. The summed E-state index contributed by atoms with van der Waals surface area (Å²) in [6, 6.07) is 9.98. The summed E-state index contributed by atoms with van der Waals surface area (Å²) in [4.78, 5) is 29.2. The van der Waals surface area contributed by atoms with E-state index in [1.54, 1.807) is 0 Å². The number of hydrogen-bond donors (Lipinski definition) is 1. The summed E-state index contributed by atoms with van der Waals surface area (Å²) in [6.45, 7) is 0.917. The molecule has 0 radical (unpaired) electrons. The summed E-state index contributed by atoms with van der Waals surface area (Å²) < 4.78 is 39.7. The number of aliphatic hydroxyl groups excluding tert-OH is 1. The predicted molar refractivity (Wildman–Crippen MR) is 126 cm³/mol. The van der Waals surface area contributed by atoms with Gasteiger partial charge in [-0.2, -0.15) is 0 Å². The van der Waals surface area contributed by atoms with E-state index in [1.165, 1.54) is 67.5 Å². The van der Waals surface area contributed by atoms with Crippen LogP contribution in [0.5, 0.6) is 0 Å². The number of sulfonamides is 1. The van der Waals surface area contributed by atoms with Crippen molar-refractivity contribution in [2.75, 3.05) is 41.3 Å². The molecule has 34 heavy (non-hydrogen) atoms. The van der Waals surface area contributed by atoms with Gasteiger partial charge < -0.3 is 14.9 Å². The fourth-order valence-electron chi connectivity index (χ4n) is 3.83. The molecule has 0 spiro atoms. The second kappa shape index (κ2) is 10.0. The highest BCUT2D eigenvalue weighted by molar-refractivity contribution is 7.89. The van der Waals surface area contributed by atoms with Gasteiger partial charge in [0.2, 0.25) is 10.0 Å². The molecule has 10 heteroatoms. The van der Waals surface area contributed by atoms with Crippen molar-refractivity contribution in [3.63, 3.8) is 0 Å².